The van der Waals surface area contributed by atoms with Crippen LogP contribution in [-0.2, 0) is 0 Å². The van der Waals surface area contributed by atoms with Gasteiger partial charge < -0.3 is 0 Å². The van der Waals surface area contributed by atoms with Crippen LogP contribution in [0, 0.1) is 0 Å². The van der Waals surface area contributed by atoms with Crippen molar-refractivity contribution in [2.45, 2.75) is 0 Å². The zero-order valence-electron chi connectivity index (χ0n) is 30.5. The minimum atomic E-state index is 0.646. The van der Waals surface area contributed by atoms with Crippen LogP contribution < -0.4 is 0 Å². The van der Waals surface area contributed by atoms with Crippen molar-refractivity contribution in [3.05, 3.63) is 212 Å². The molecule has 0 aliphatic heterocycles. The molecule has 0 radical (unpaired) electrons. The minimum absolute atomic E-state index is 0.646. The number of fused-ring (bicyclic) bond motifs is 2. The van der Waals surface area contributed by atoms with Crippen LogP contribution in [0.1, 0.15) is 0 Å². The Morgan fingerprint density at radius 1 is 0.196 bits per heavy atom. The molecule has 0 amide bonds. The molecule has 0 spiro atoms. The first kappa shape index (κ1) is 33.1. The molecule has 10 aromatic rings. The smallest absolute Gasteiger partial charge is 0.164 e. The fraction of sp³-hybridized carbons (Fsp3) is 0. The molecule has 0 atom stereocenters. The monoisotopic (exact) mass is 713 g/mol. The highest BCUT2D eigenvalue weighted by atomic mass is 15.0. The molecule has 56 heavy (non-hydrogen) atoms. The molecule has 1 aromatic heterocycles. The number of hydrogen-bond donors (Lipinski definition) is 0. The molecule has 0 saturated carbocycles. The van der Waals surface area contributed by atoms with Gasteiger partial charge in [0.2, 0.25) is 0 Å². The van der Waals surface area contributed by atoms with Crippen molar-refractivity contribution in [2.24, 2.45) is 0 Å². The van der Waals surface area contributed by atoms with E-state index >= 15 is 0 Å². The molecule has 0 unspecified atom stereocenters. The van der Waals surface area contributed by atoms with Crippen LogP contribution >= 0.6 is 0 Å². The molecule has 0 fully saturated rings. The first-order valence-electron chi connectivity index (χ1n) is 18.9. The maximum atomic E-state index is 5.08. The van der Waals surface area contributed by atoms with Crippen LogP contribution in [0.5, 0.6) is 0 Å². The van der Waals surface area contributed by atoms with Gasteiger partial charge in [0.1, 0.15) is 0 Å². The summed E-state index contributed by atoms with van der Waals surface area (Å²) in [6, 6.07) is 74.9. The third kappa shape index (κ3) is 6.21. The van der Waals surface area contributed by atoms with Gasteiger partial charge in [-0.15, -0.1) is 0 Å². The van der Waals surface area contributed by atoms with E-state index in [4.69, 9.17) is 15.0 Å². The Kier molecular flexibility index (Phi) is 8.51. The Bertz CT molecular complexity index is 2670. The summed E-state index contributed by atoms with van der Waals surface area (Å²) in [5.74, 6) is 1.94. The lowest BCUT2D eigenvalue weighted by Gasteiger charge is -2.17. The van der Waals surface area contributed by atoms with Gasteiger partial charge in [0.25, 0.3) is 0 Å². The van der Waals surface area contributed by atoms with Crippen molar-refractivity contribution in [3.8, 4) is 78.7 Å². The van der Waals surface area contributed by atoms with Gasteiger partial charge in [0.05, 0.1) is 0 Å². The molecule has 0 bridgehead atoms. The van der Waals surface area contributed by atoms with E-state index in [2.05, 4.69) is 152 Å². The second-order valence-electron chi connectivity index (χ2n) is 14.0. The summed E-state index contributed by atoms with van der Waals surface area (Å²) < 4.78 is 0. The van der Waals surface area contributed by atoms with E-state index in [0.29, 0.717) is 17.5 Å². The highest BCUT2D eigenvalue weighted by Crippen LogP contribution is 2.42. The molecule has 10 rings (SSSR count). The van der Waals surface area contributed by atoms with Crippen molar-refractivity contribution < 1.29 is 0 Å². The van der Waals surface area contributed by atoms with Crippen LogP contribution in [0.4, 0.5) is 0 Å². The summed E-state index contributed by atoms with van der Waals surface area (Å²) >= 11 is 0. The second kappa shape index (κ2) is 14.4. The lowest BCUT2D eigenvalue weighted by atomic mass is 9.87. The fourth-order valence-electron chi connectivity index (χ4n) is 7.82. The molecule has 1 heterocycles. The molecule has 0 saturated heterocycles. The van der Waals surface area contributed by atoms with Gasteiger partial charge in [-0.05, 0) is 90.3 Å². The number of rotatable bonds is 7. The zero-order chi connectivity index (χ0) is 37.3. The van der Waals surface area contributed by atoms with E-state index < -0.39 is 0 Å². The Labute approximate surface area is 326 Å². The van der Waals surface area contributed by atoms with Crippen molar-refractivity contribution in [1.82, 2.24) is 15.0 Å². The molecular weight excluding hydrogens is 679 g/mol. The molecule has 0 N–H and O–H groups in total. The summed E-state index contributed by atoms with van der Waals surface area (Å²) in [6.07, 6.45) is 0. The predicted octanol–water partition coefficient (Wildman–Crippen LogP) is 13.8. The molecule has 9 aromatic carbocycles. The molecule has 262 valence electrons. The molecule has 3 nitrogen and oxygen atoms in total. The van der Waals surface area contributed by atoms with Gasteiger partial charge in [-0.3, -0.25) is 0 Å². The Morgan fingerprint density at radius 3 is 0.946 bits per heavy atom. The Hall–Kier alpha value is -7.49. The van der Waals surface area contributed by atoms with E-state index in [0.717, 1.165) is 33.0 Å². The van der Waals surface area contributed by atoms with Crippen LogP contribution in [0.2, 0.25) is 0 Å². The van der Waals surface area contributed by atoms with Crippen LogP contribution in [-0.4, -0.2) is 15.0 Å². The summed E-state index contributed by atoms with van der Waals surface area (Å²) in [5.41, 5.74) is 12.4. The van der Waals surface area contributed by atoms with Crippen molar-refractivity contribution >= 4 is 21.5 Å². The summed E-state index contributed by atoms with van der Waals surface area (Å²) in [4.78, 5) is 15.1. The molecular formula is C53H35N3. The molecule has 0 aliphatic carbocycles. The van der Waals surface area contributed by atoms with Gasteiger partial charge in [-0.1, -0.05) is 188 Å². The van der Waals surface area contributed by atoms with Gasteiger partial charge in [0, 0.05) is 16.7 Å². The van der Waals surface area contributed by atoms with Crippen LogP contribution in [0.25, 0.3) is 100 Å². The van der Waals surface area contributed by atoms with Gasteiger partial charge in [-0.25, -0.2) is 15.0 Å². The van der Waals surface area contributed by atoms with Crippen molar-refractivity contribution in [2.75, 3.05) is 0 Å². The lowest BCUT2D eigenvalue weighted by Crippen LogP contribution is -2.00. The van der Waals surface area contributed by atoms with Crippen molar-refractivity contribution in [3.63, 3.8) is 0 Å². The molecule has 3 heteroatoms. The van der Waals surface area contributed by atoms with Gasteiger partial charge >= 0.3 is 0 Å². The number of aromatic nitrogens is 3. The highest BCUT2D eigenvalue weighted by Gasteiger charge is 2.18. The number of hydrogen-bond acceptors (Lipinski definition) is 3. The van der Waals surface area contributed by atoms with Crippen LogP contribution in [0.3, 0.4) is 0 Å². The predicted molar refractivity (Wildman–Crippen MR) is 233 cm³/mol. The maximum Gasteiger partial charge on any atom is 0.164 e. The first-order chi connectivity index (χ1) is 27.8. The third-order valence-electron chi connectivity index (χ3n) is 10.5. The third-order valence-corrected chi connectivity index (χ3v) is 10.5. The Morgan fingerprint density at radius 2 is 0.500 bits per heavy atom. The van der Waals surface area contributed by atoms with Crippen molar-refractivity contribution in [1.29, 1.82) is 0 Å². The van der Waals surface area contributed by atoms with E-state index in [9.17, 15) is 0 Å². The zero-order valence-corrected chi connectivity index (χ0v) is 30.5. The fourth-order valence-corrected chi connectivity index (χ4v) is 7.82. The van der Waals surface area contributed by atoms with Gasteiger partial charge in [-0.2, -0.15) is 0 Å². The average Bonchev–Trinajstić information content (AvgIpc) is 3.29. The van der Waals surface area contributed by atoms with Gasteiger partial charge in [0.15, 0.2) is 17.5 Å². The molecule has 0 aliphatic rings. The first-order valence-corrected chi connectivity index (χ1v) is 18.9. The Balaban J connectivity index is 1.14. The lowest BCUT2D eigenvalue weighted by molar-refractivity contribution is 1.08. The standard InChI is InChI=1S/C53H35N3/c1-5-17-36(18-6-1)40-33-41(37-19-7-2-8-20-37)35-42(34-40)43-29-30-48(45-26-14-13-25-44(43)45)49-31-32-50(47-28-16-15-27-46(47)49)53-55-51(38-21-9-3-10-22-38)54-52(56-53)39-23-11-4-12-24-39/h1-35H. The van der Waals surface area contributed by atoms with E-state index in [1.54, 1.807) is 0 Å². The number of nitrogens with zero attached hydrogens (tertiary/aromatic N) is 3. The SMILES string of the molecule is c1ccc(-c2cc(-c3ccccc3)cc(-c3ccc(-c4ccc(-c5nc(-c6ccccc6)nc(-c6ccccc6)n5)c5ccccc45)c4ccccc34)c2)cc1. The maximum absolute atomic E-state index is 5.08. The quantitative estimate of drug-likeness (QED) is 0.165. The number of benzene rings is 9. The van der Waals surface area contributed by atoms with Crippen LogP contribution in [0.15, 0.2) is 212 Å². The van der Waals surface area contributed by atoms with E-state index in [1.807, 2.05) is 60.7 Å². The second-order valence-corrected chi connectivity index (χ2v) is 14.0. The normalized spacial score (nSPS) is 11.2. The summed E-state index contributed by atoms with van der Waals surface area (Å²) in [5, 5.41) is 4.64. The average molecular weight is 714 g/mol. The van der Waals surface area contributed by atoms with E-state index in [1.165, 1.54) is 49.7 Å². The van der Waals surface area contributed by atoms with E-state index in [-0.39, 0.29) is 0 Å². The minimum Gasteiger partial charge on any atom is -0.208 e. The summed E-state index contributed by atoms with van der Waals surface area (Å²) in [7, 11) is 0. The topological polar surface area (TPSA) is 38.7 Å². The largest absolute Gasteiger partial charge is 0.208 e. The summed E-state index contributed by atoms with van der Waals surface area (Å²) in [6.45, 7) is 0. The highest BCUT2D eigenvalue weighted by molar-refractivity contribution is 6.12.